The van der Waals surface area contributed by atoms with E-state index < -0.39 is 0 Å². The molecule has 3 aliphatic rings. The van der Waals surface area contributed by atoms with Crippen molar-refractivity contribution in [3.05, 3.63) is 29.3 Å². The number of carbonyl (C=O) groups is 1. The van der Waals surface area contributed by atoms with Gasteiger partial charge in [-0.2, -0.15) is 0 Å². The molecule has 22 heavy (non-hydrogen) atoms. The highest BCUT2D eigenvalue weighted by molar-refractivity contribution is 5.88. The van der Waals surface area contributed by atoms with E-state index in [4.69, 9.17) is 0 Å². The molecule has 0 unspecified atom stereocenters. The molecule has 0 amide bonds. The summed E-state index contributed by atoms with van der Waals surface area (Å²) in [6.07, 6.45) is 7.10. The fraction of sp³-hybridized carbons (Fsp3) is 0.632. The first kappa shape index (κ1) is 14.3. The third-order valence-electron chi connectivity index (χ3n) is 6.32. The van der Waals surface area contributed by atoms with E-state index >= 15 is 0 Å². The summed E-state index contributed by atoms with van der Waals surface area (Å²) in [5.74, 6) is 0.897. The molecular formula is C19H25NO2. The van der Waals surface area contributed by atoms with Gasteiger partial charge in [0.15, 0.2) is 0 Å². The lowest BCUT2D eigenvalue weighted by molar-refractivity contribution is -0.132. The highest BCUT2D eigenvalue weighted by atomic mass is 16.3. The maximum absolute atomic E-state index is 12.6. The van der Waals surface area contributed by atoms with Crippen LogP contribution in [0.15, 0.2) is 18.2 Å². The minimum atomic E-state index is -0.0559. The second-order valence-electron chi connectivity index (χ2n) is 7.31. The molecule has 2 aliphatic heterocycles. The number of fused-ring (bicyclic) bond motifs is 5. The van der Waals surface area contributed by atoms with Crippen molar-refractivity contribution in [2.45, 2.75) is 64.0 Å². The number of piperidine rings is 1. The third kappa shape index (κ3) is 1.88. The summed E-state index contributed by atoms with van der Waals surface area (Å²) in [4.78, 5) is 15.3. The fourth-order valence-corrected chi connectivity index (χ4v) is 5.45. The number of Topliss-reactive ketones (excluding diaryl/α,β-unsaturated/α-hetero) is 1. The van der Waals surface area contributed by atoms with Gasteiger partial charge in [0.1, 0.15) is 11.5 Å². The molecular weight excluding hydrogens is 274 g/mol. The van der Waals surface area contributed by atoms with Crippen LogP contribution >= 0.6 is 0 Å². The van der Waals surface area contributed by atoms with Crippen LogP contribution in [0, 0.1) is 5.41 Å². The third-order valence-corrected chi connectivity index (χ3v) is 6.32. The highest BCUT2D eigenvalue weighted by Gasteiger charge is 2.55. The Hall–Kier alpha value is -1.35. The summed E-state index contributed by atoms with van der Waals surface area (Å²) in [5.41, 5.74) is 2.63. The number of ketones is 1. The van der Waals surface area contributed by atoms with Crippen molar-refractivity contribution < 1.29 is 9.90 Å². The highest BCUT2D eigenvalue weighted by Crippen LogP contribution is 2.54. The van der Waals surface area contributed by atoms with Crippen LogP contribution in [0.2, 0.25) is 0 Å². The molecule has 4 rings (SSSR count). The number of hydrogen-bond acceptors (Lipinski definition) is 3. The van der Waals surface area contributed by atoms with E-state index in [1.165, 1.54) is 11.1 Å². The minimum absolute atomic E-state index is 0.0559. The topological polar surface area (TPSA) is 40.5 Å². The smallest absolute Gasteiger partial charge is 0.140 e. The monoisotopic (exact) mass is 299 g/mol. The Bertz CT molecular complexity index is 611. The van der Waals surface area contributed by atoms with Gasteiger partial charge in [-0.3, -0.25) is 9.69 Å². The van der Waals surface area contributed by atoms with Crippen molar-refractivity contribution in [1.82, 2.24) is 4.90 Å². The van der Waals surface area contributed by atoms with E-state index in [1.54, 1.807) is 0 Å². The average Bonchev–Trinajstić information content (AvgIpc) is 2.84. The summed E-state index contributed by atoms with van der Waals surface area (Å²) in [5, 5.41) is 9.72. The number of rotatable bonds is 2. The van der Waals surface area contributed by atoms with Crippen LogP contribution < -0.4 is 0 Å². The standard InChI is InChI=1S/C19H25NO2/c1-2-9-19-10-7-16-15-4-3-14(21)12-13(15)8-11-20(16)17(19)5-6-18(19)22/h3-4,12,16-17,21H,2,5-11H2,1H3/t16-,17+,19+/m1/s1. The molecule has 1 aliphatic carbocycles. The van der Waals surface area contributed by atoms with Crippen LogP contribution in [0.3, 0.4) is 0 Å². The molecule has 3 atom stereocenters. The summed E-state index contributed by atoms with van der Waals surface area (Å²) >= 11 is 0. The van der Waals surface area contributed by atoms with Gasteiger partial charge in [0.25, 0.3) is 0 Å². The molecule has 1 saturated heterocycles. The number of carbonyl (C=O) groups excluding carboxylic acids is 1. The molecule has 2 heterocycles. The van der Waals surface area contributed by atoms with Crippen molar-refractivity contribution in [3.63, 3.8) is 0 Å². The number of hydrogen-bond donors (Lipinski definition) is 1. The molecule has 1 aromatic carbocycles. The maximum Gasteiger partial charge on any atom is 0.140 e. The zero-order valence-corrected chi connectivity index (χ0v) is 13.3. The van der Waals surface area contributed by atoms with E-state index in [9.17, 15) is 9.90 Å². The summed E-state index contributed by atoms with van der Waals surface area (Å²) in [7, 11) is 0. The Morgan fingerprint density at radius 2 is 2.18 bits per heavy atom. The second-order valence-corrected chi connectivity index (χ2v) is 7.31. The fourth-order valence-electron chi connectivity index (χ4n) is 5.45. The average molecular weight is 299 g/mol. The van der Waals surface area contributed by atoms with Gasteiger partial charge in [-0.1, -0.05) is 19.4 Å². The van der Waals surface area contributed by atoms with Gasteiger partial charge in [0.2, 0.25) is 0 Å². The molecule has 1 N–H and O–H groups in total. The van der Waals surface area contributed by atoms with Crippen LogP contribution in [-0.2, 0) is 11.2 Å². The number of phenols is 1. The van der Waals surface area contributed by atoms with Crippen molar-refractivity contribution in [3.8, 4) is 5.75 Å². The van der Waals surface area contributed by atoms with Crippen LogP contribution in [-0.4, -0.2) is 28.4 Å². The Kier molecular flexibility index (Phi) is 3.30. The first-order valence-corrected chi connectivity index (χ1v) is 8.76. The second kappa shape index (κ2) is 5.09. The molecule has 1 aromatic rings. The Balaban J connectivity index is 1.70. The summed E-state index contributed by atoms with van der Waals surface area (Å²) < 4.78 is 0. The van der Waals surface area contributed by atoms with Crippen molar-refractivity contribution >= 4 is 5.78 Å². The number of aromatic hydroxyl groups is 1. The lowest BCUT2D eigenvalue weighted by Gasteiger charge is -2.52. The Labute approximate surface area is 132 Å². The molecule has 0 spiro atoms. The molecule has 0 radical (unpaired) electrons. The number of nitrogens with zero attached hydrogens (tertiary/aromatic N) is 1. The van der Waals surface area contributed by atoms with Gasteiger partial charge < -0.3 is 5.11 Å². The Morgan fingerprint density at radius 3 is 3.00 bits per heavy atom. The van der Waals surface area contributed by atoms with Gasteiger partial charge in [-0.05, 0) is 55.4 Å². The van der Waals surface area contributed by atoms with E-state index in [0.717, 1.165) is 51.5 Å². The zero-order valence-electron chi connectivity index (χ0n) is 13.3. The SMILES string of the molecule is CCC[C@]12CC[C@@H]3c4ccc(O)cc4CCN3[C@H]1CCC2=O. The minimum Gasteiger partial charge on any atom is -0.508 e. The van der Waals surface area contributed by atoms with Gasteiger partial charge in [0, 0.05) is 30.5 Å². The van der Waals surface area contributed by atoms with E-state index in [1.807, 2.05) is 12.1 Å². The lowest BCUT2D eigenvalue weighted by atomic mass is 9.67. The van der Waals surface area contributed by atoms with Crippen LogP contribution in [0.1, 0.15) is 62.6 Å². The van der Waals surface area contributed by atoms with Crippen LogP contribution in [0.25, 0.3) is 0 Å². The number of benzene rings is 1. The quantitative estimate of drug-likeness (QED) is 0.907. The van der Waals surface area contributed by atoms with Gasteiger partial charge in [-0.15, -0.1) is 0 Å². The first-order chi connectivity index (χ1) is 10.7. The van der Waals surface area contributed by atoms with E-state index in [0.29, 0.717) is 23.6 Å². The normalized spacial score (nSPS) is 34.1. The van der Waals surface area contributed by atoms with Gasteiger partial charge >= 0.3 is 0 Å². The van der Waals surface area contributed by atoms with Crippen LogP contribution in [0.4, 0.5) is 0 Å². The van der Waals surface area contributed by atoms with Crippen molar-refractivity contribution in [2.24, 2.45) is 5.41 Å². The van der Waals surface area contributed by atoms with Gasteiger partial charge in [0.05, 0.1) is 0 Å². The Morgan fingerprint density at radius 1 is 1.32 bits per heavy atom. The molecule has 2 fully saturated rings. The largest absolute Gasteiger partial charge is 0.508 e. The summed E-state index contributed by atoms with van der Waals surface area (Å²) in [6, 6.07) is 6.74. The first-order valence-electron chi connectivity index (χ1n) is 8.76. The lowest BCUT2D eigenvalue weighted by Crippen LogP contribution is -2.54. The van der Waals surface area contributed by atoms with E-state index in [-0.39, 0.29) is 5.41 Å². The molecule has 3 nitrogen and oxygen atoms in total. The number of phenolic OH excluding ortho intramolecular Hbond substituents is 1. The molecule has 3 heteroatoms. The molecule has 0 aromatic heterocycles. The van der Waals surface area contributed by atoms with Gasteiger partial charge in [-0.25, -0.2) is 0 Å². The summed E-state index contributed by atoms with van der Waals surface area (Å²) in [6.45, 7) is 3.24. The van der Waals surface area contributed by atoms with Crippen molar-refractivity contribution in [2.75, 3.05) is 6.54 Å². The predicted octanol–water partition coefficient (Wildman–Crippen LogP) is 3.60. The molecule has 0 bridgehead atoms. The van der Waals surface area contributed by atoms with Crippen molar-refractivity contribution in [1.29, 1.82) is 0 Å². The van der Waals surface area contributed by atoms with E-state index in [2.05, 4.69) is 17.9 Å². The predicted molar refractivity (Wildman–Crippen MR) is 85.9 cm³/mol. The molecule has 118 valence electrons. The zero-order chi connectivity index (χ0) is 15.3. The van der Waals surface area contributed by atoms with Crippen LogP contribution in [0.5, 0.6) is 5.75 Å². The maximum atomic E-state index is 12.6. The molecule has 1 saturated carbocycles.